The van der Waals surface area contributed by atoms with Gasteiger partial charge in [-0.25, -0.2) is 8.78 Å². The number of hydrogen-bond acceptors (Lipinski definition) is 4. The number of nitrogens with one attached hydrogen (secondary N) is 1. The molecule has 0 unspecified atom stereocenters. The molecule has 0 fully saturated rings. The van der Waals surface area contributed by atoms with Crippen LogP contribution in [0.15, 0.2) is 29.4 Å². The van der Waals surface area contributed by atoms with Gasteiger partial charge in [0.15, 0.2) is 12.4 Å². The van der Waals surface area contributed by atoms with Crippen molar-refractivity contribution < 1.29 is 23.5 Å². The van der Waals surface area contributed by atoms with Crippen molar-refractivity contribution >= 4 is 11.7 Å². The molecule has 1 aromatic rings. The number of rotatable bonds is 6. The third-order valence-electron chi connectivity index (χ3n) is 2.08. The van der Waals surface area contributed by atoms with Gasteiger partial charge < -0.3 is 21.0 Å². The Bertz CT molecular complexity index is 466. The van der Waals surface area contributed by atoms with Crippen LogP contribution in [0.2, 0.25) is 0 Å². The van der Waals surface area contributed by atoms with Gasteiger partial charge in [-0.15, -0.1) is 0 Å². The number of amides is 1. The molecule has 19 heavy (non-hydrogen) atoms. The van der Waals surface area contributed by atoms with Crippen LogP contribution in [0, 0.1) is 0 Å². The van der Waals surface area contributed by atoms with E-state index in [-0.39, 0.29) is 11.6 Å². The van der Waals surface area contributed by atoms with Gasteiger partial charge in [0, 0.05) is 0 Å². The average molecular weight is 273 g/mol. The number of nitrogens with two attached hydrogens (primary N) is 1. The summed E-state index contributed by atoms with van der Waals surface area (Å²) in [5.74, 6) is -0.650. The van der Waals surface area contributed by atoms with Crippen molar-refractivity contribution in [3.8, 4) is 5.75 Å². The molecule has 0 aliphatic heterocycles. The standard InChI is InChI=1S/C11H13F2N3O3/c12-9(13)5-15-10(17)6-19-8-4-2-1-3-7(8)11(14)16-18/h1-4,9,18H,5-6H2,(H2,14,16)(H,15,17). The van der Waals surface area contributed by atoms with Gasteiger partial charge in [0.2, 0.25) is 0 Å². The Morgan fingerprint density at radius 3 is 2.79 bits per heavy atom. The van der Waals surface area contributed by atoms with E-state index in [1.54, 1.807) is 12.1 Å². The Balaban J connectivity index is 2.60. The first-order valence-electron chi connectivity index (χ1n) is 5.29. The van der Waals surface area contributed by atoms with Crippen molar-refractivity contribution in [2.75, 3.05) is 13.2 Å². The second-order valence-corrected chi connectivity index (χ2v) is 3.47. The van der Waals surface area contributed by atoms with E-state index in [0.29, 0.717) is 5.56 Å². The molecule has 0 aromatic heterocycles. The predicted octanol–water partition coefficient (Wildman–Crippen LogP) is 0.541. The smallest absolute Gasteiger partial charge is 0.258 e. The number of oxime groups is 1. The van der Waals surface area contributed by atoms with Crippen LogP contribution >= 0.6 is 0 Å². The minimum absolute atomic E-state index is 0.177. The fourth-order valence-electron chi connectivity index (χ4n) is 1.24. The molecule has 0 radical (unpaired) electrons. The number of alkyl halides is 2. The highest BCUT2D eigenvalue weighted by Gasteiger charge is 2.10. The number of halogens is 2. The van der Waals surface area contributed by atoms with E-state index in [4.69, 9.17) is 15.7 Å². The van der Waals surface area contributed by atoms with E-state index < -0.39 is 25.5 Å². The van der Waals surface area contributed by atoms with Gasteiger partial charge in [0.05, 0.1) is 12.1 Å². The number of benzene rings is 1. The predicted molar refractivity (Wildman–Crippen MR) is 63.5 cm³/mol. The number of para-hydroxylation sites is 1. The molecule has 0 saturated heterocycles. The maximum atomic E-state index is 11.9. The summed E-state index contributed by atoms with van der Waals surface area (Å²) in [6, 6.07) is 6.30. The summed E-state index contributed by atoms with van der Waals surface area (Å²) in [4.78, 5) is 11.2. The molecule has 6 nitrogen and oxygen atoms in total. The summed E-state index contributed by atoms with van der Waals surface area (Å²) in [7, 11) is 0. The lowest BCUT2D eigenvalue weighted by Crippen LogP contribution is -2.32. The molecular weight excluding hydrogens is 260 g/mol. The molecule has 0 aliphatic rings. The first-order valence-corrected chi connectivity index (χ1v) is 5.29. The third kappa shape index (κ3) is 4.78. The van der Waals surface area contributed by atoms with E-state index in [9.17, 15) is 13.6 Å². The van der Waals surface area contributed by atoms with Crippen LogP contribution in [-0.2, 0) is 4.79 Å². The van der Waals surface area contributed by atoms with Crippen molar-refractivity contribution in [2.24, 2.45) is 10.9 Å². The monoisotopic (exact) mass is 273 g/mol. The molecule has 0 heterocycles. The molecule has 0 saturated carbocycles. The minimum Gasteiger partial charge on any atom is -0.483 e. The van der Waals surface area contributed by atoms with Crippen LogP contribution in [-0.4, -0.2) is 36.5 Å². The highest BCUT2D eigenvalue weighted by molar-refractivity contribution is 5.99. The molecular formula is C11H13F2N3O3. The Kier molecular flexibility index (Phi) is 5.52. The lowest BCUT2D eigenvalue weighted by atomic mass is 10.2. The largest absolute Gasteiger partial charge is 0.483 e. The number of carbonyl (C=O) groups is 1. The van der Waals surface area contributed by atoms with E-state index in [1.807, 2.05) is 5.32 Å². The van der Waals surface area contributed by atoms with Crippen molar-refractivity contribution in [3.05, 3.63) is 29.8 Å². The van der Waals surface area contributed by atoms with Crippen molar-refractivity contribution in [3.63, 3.8) is 0 Å². The van der Waals surface area contributed by atoms with E-state index in [1.165, 1.54) is 12.1 Å². The minimum atomic E-state index is -2.62. The lowest BCUT2D eigenvalue weighted by molar-refractivity contribution is -0.123. The first-order chi connectivity index (χ1) is 9.04. The van der Waals surface area contributed by atoms with Crippen molar-refractivity contribution in [2.45, 2.75) is 6.43 Å². The molecule has 1 amide bonds. The molecule has 4 N–H and O–H groups in total. The quantitative estimate of drug-likeness (QED) is 0.305. The fraction of sp³-hybridized carbons (Fsp3) is 0.273. The zero-order valence-electron chi connectivity index (χ0n) is 9.85. The second kappa shape index (κ2) is 7.14. The topological polar surface area (TPSA) is 96.9 Å². The zero-order chi connectivity index (χ0) is 14.3. The Morgan fingerprint density at radius 1 is 1.47 bits per heavy atom. The Morgan fingerprint density at radius 2 is 2.16 bits per heavy atom. The molecule has 0 bridgehead atoms. The molecule has 0 spiro atoms. The van der Waals surface area contributed by atoms with Crippen LogP contribution in [0.5, 0.6) is 5.75 Å². The van der Waals surface area contributed by atoms with Gasteiger partial charge in [-0.3, -0.25) is 4.79 Å². The Labute approximate surface area is 107 Å². The fourth-order valence-corrected chi connectivity index (χ4v) is 1.24. The average Bonchev–Trinajstić information content (AvgIpc) is 2.42. The van der Waals surface area contributed by atoms with E-state index >= 15 is 0 Å². The number of nitrogens with zero attached hydrogens (tertiary/aromatic N) is 1. The summed E-state index contributed by atoms with van der Waals surface area (Å²) >= 11 is 0. The summed E-state index contributed by atoms with van der Waals surface area (Å²) in [5.41, 5.74) is 5.72. The summed E-state index contributed by atoms with van der Waals surface area (Å²) in [6.45, 7) is -1.17. The number of amidine groups is 1. The van der Waals surface area contributed by atoms with Crippen molar-refractivity contribution in [1.82, 2.24) is 5.32 Å². The zero-order valence-corrected chi connectivity index (χ0v) is 9.85. The van der Waals surface area contributed by atoms with Gasteiger partial charge in [-0.1, -0.05) is 17.3 Å². The van der Waals surface area contributed by atoms with Gasteiger partial charge in [-0.05, 0) is 12.1 Å². The molecule has 104 valence electrons. The molecule has 1 rings (SSSR count). The highest BCUT2D eigenvalue weighted by Crippen LogP contribution is 2.17. The molecule has 8 heteroatoms. The van der Waals surface area contributed by atoms with Gasteiger partial charge >= 0.3 is 0 Å². The number of carbonyl (C=O) groups excluding carboxylic acids is 1. The maximum Gasteiger partial charge on any atom is 0.258 e. The summed E-state index contributed by atoms with van der Waals surface area (Å²) < 4.78 is 28.8. The van der Waals surface area contributed by atoms with Crippen LogP contribution in [0.3, 0.4) is 0 Å². The Hall–Kier alpha value is -2.38. The maximum absolute atomic E-state index is 11.9. The van der Waals surface area contributed by atoms with Gasteiger partial charge in [0.1, 0.15) is 5.75 Å². The van der Waals surface area contributed by atoms with Gasteiger partial charge in [0.25, 0.3) is 12.3 Å². The van der Waals surface area contributed by atoms with Crippen LogP contribution < -0.4 is 15.8 Å². The van der Waals surface area contributed by atoms with Gasteiger partial charge in [-0.2, -0.15) is 0 Å². The SMILES string of the molecule is N/C(=N/O)c1ccccc1OCC(=O)NCC(F)F. The summed E-state index contributed by atoms with van der Waals surface area (Å²) in [6.07, 6.45) is -2.62. The van der Waals surface area contributed by atoms with E-state index in [2.05, 4.69) is 5.16 Å². The molecule has 0 aliphatic carbocycles. The van der Waals surface area contributed by atoms with E-state index in [0.717, 1.165) is 0 Å². The molecule has 0 atom stereocenters. The third-order valence-corrected chi connectivity index (χ3v) is 2.08. The van der Waals surface area contributed by atoms with Crippen LogP contribution in [0.4, 0.5) is 8.78 Å². The van der Waals surface area contributed by atoms with Crippen molar-refractivity contribution in [1.29, 1.82) is 0 Å². The summed E-state index contributed by atoms with van der Waals surface area (Å²) in [5, 5.41) is 13.4. The normalized spacial score (nSPS) is 11.4. The van der Waals surface area contributed by atoms with Crippen LogP contribution in [0.1, 0.15) is 5.56 Å². The number of hydrogen-bond donors (Lipinski definition) is 3. The lowest BCUT2D eigenvalue weighted by Gasteiger charge is -2.10. The molecule has 1 aromatic carbocycles. The first kappa shape index (κ1) is 14.7. The van der Waals surface area contributed by atoms with Crippen LogP contribution in [0.25, 0.3) is 0 Å². The number of ether oxygens (including phenoxy) is 1. The second-order valence-electron chi connectivity index (χ2n) is 3.47. The highest BCUT2D eigenvalue weighted by atomic mass is 19.3.